The molecule has 2 saturated heterocycles. The van der Waals surface area contributed by atoms with Gasteiger partial charge in [0, 0.05) is 11.6 Å². The molecule has 0 spiro atoms. The number of halogens is 2. The molecule has 1 aromatic rings. The Hall–Kier alpha value is -1.23. The summed E-state index contributed by atoms with van der Waals surface area (Å²) >= 11 is 12.3. The summed E-state index contributed by atoms with van der Waals surface area (Å²) in [5.74, 6) is 0.461. The number of quaternary nitrogens is 1. The van der Waals surface area contributed by atoms with E-state index in [4.69, 9.17) is 27.9 Å². The molecular formula is C25H33Cl2N2O2+. The fourth-order valence-electron chi connectivity index (χ4n) is 6.62. The number of nitrogens with zero attached hydrogens (tertiary/aromatic N) is 1. The molecule has 1 saturated carbocycles. The van der Waals surface area contributed by atoms with Gasteiger partial charge in [-0.15, -0.1) is 0 Å². The number of anilines is 1. The van der Waals surface area contributed by atoms with Gasteiger partial charge < -0.3 is 14.5 Å². The topological polar surface area (TPSA) is 34.0 Å². The molecule has 4 atom stereocenters. The van der Waals surface area contributed by atoms with Gasteiger partial charge in [0.2, 0.25) is 0 Å². The van der Waals surface area contributed by atoms with Gasteiger partial charge in [-0.05, 0) is 62.6 Å². The van der Waals surface area contributed by atoms with Crippen LogP contribution in [0.3, 0.4) is 0 Å². The second kappa shape index (κ2) is 8.28. The number of piperazine rings is 1. The smallest absolute Gasteiger partial charge is 0.315 e. The molecule has 0 aromatic heterocycles. The van der Waals surface area contributed by atoms with Crippen LogP contribution in [-0.4, -0.2) is 44.8 Å². The molecular weight excluding hydrogens is 431 g/mol. The highest BCUT2D eigenvalue weighted by Gasteiger charge is 2.54. The predicted molar refractivity (Wildman–Crippen MR) is 125 cm³/mol. The van der Waals surface area contributed by atoms with E-state index in [0.717, 1.165) is 51.3 Å². The van der Waals surface area contributed by atoms with Crippen LogP contribution in [-0.2, 0) is 9.53 Å². The minimum absolute atomic E-state index is 0.0447. The summed E-state index contributed by atoms with van der Waals surface area (Å²) < 4.78 is 5.97. The number of nitrogens with one attached hydrogen (secondary N) is 1. The number of carbonyl (C=O) groups excluding carboxylic acids is 1. The van der Waals surface area contributed by atoms with E-state index in [-0.39, 0.29) is 23.4 Å². The average Bonchev–Trinajstić information content (AvgIpc) is 3.03. The largest absolute Gasteiger partial charge is 0.462 e. The Morgan fingerprint density at radius 1 is 1.23 bits per heavy atom. The highest BCUT2D eigenvalue weighted by atomic mass is 35.5. The number of esters is 1. The lowest BCUT2D eigenvalue weighted by molar-refractivity contribution is -0.903. The van der Waals surface area contributed by atoms with Gasteiger partial charge in [-0.2, -0.15) is 0 Å². The summed E-state index contributed by atoms with van der Waals surface area (Å²) in [6.45, 7) is 9.60. The van der Waals surface area contributed by atoms with Gasteiger partial charge in [-0.25, -0.2) is 0 Å². The zero-order valence-corrected chi connectivity index (χ0v) is 20.1. The van der Waals surface area contributed by atoms with Crippen molar-refractivity contribution < 1.29 is 14.4 Å². The molecule has 0 bridgehead atoms. The van der Waals surface area contributed by atoms with Gasteiger partial charge in [-0.3, -0.25) is 4.79 Å². The molecule has 1 aromatic carbocycles. The second-order valence-electron chi connectivity index (χ2n) is 10.4. The van der Waals surface area contributed by atoms with Crippen LogP contribution in [0.25, 0.3) is 0 Å². The van der Waals surface area contributed by atoms with Crippen LogP contribution in [0.5, 0.6) is 0 Å². The average molecular weight is 464 g/mol. The quantitative estimate of drug-likeness (QED) is 0.539. The zero-order chi connectivity index (χ0) is 21.8. The van der Waals surface area contributed by atoms with Gasteiger partial charge in [0.1, 0.15) is 12.0 Å². The molecule has 168 valence electrons. The number of allylic oxidation sites excluding steroid dienone is 2. The van der Waals surface area contributed by atoms with Crippen molar-refractivity contribution in [1.82, 2.24) is 0 Å². The Morgan fingerprint density at radius 3 is 2.74 bits per heavy atom. The fraction of sp³-hybridized carbons (Fsp3) is 0.640. The lowest BCUT2D eigenvalue weighted by Gasteiger charge is -2.45. The number of hydrogen-bond donors (Lipinski definition) is 1. The normalized spacial score (nSPS) is 33.9. The lowest BCUT2D eigenvalue weighted by atomic mass is 9.59. The van der Waals surface area contributed by atoms with E-state index >= 15 is 0 Å². The zero-order valence-electron chi connectivity index (χ0n) is 18.6. The maximum absolute atomic E-state index is 12.9. The van der Waals surface area contributed by atoms with E-state index in [1.165, 1.54) is 24.2 Å². The number of carbonyl (C=O) groups is 1. The third kappa shape index (κ3) is 4.00. The molecule has 2 aliphatic heterocycles. The summed E-state index contributed by atoms with van der Waals surface area (Å²) in [4.78, 5) is 16.8. The number of rotatable bonds is 3. The van der Waals surface area contributed by atoms with Crippen LogP contribution in [0.1, 0.15) is 46.0 Å². The monoisotopic (exact) mass is 463 g/mol. The van der Waals surface area contributed by atoms with E-state index in [1.54, 1.807) is 11.1 Å². The number of benzene rings is 1. The number of hydrogen-bond acceptors (Lipinski definition) is 3. The van der Waals surface area contributed by atoms with Crippen molar-refractivity contribution in [3.8, 4) is 0 Å². The molecule has 2 aliphatic carbocycles. The van der Waals surface area contributed by atoms with Crippen molar-refractivity contribution in [1.29, 1.82) is 0 Å². The summed E-state index contributed by atoms with van der Waals surface area (Å²) in [6.07, 6.45) is 5.94. The molecule has 5 rings (SSSR count). The van der Waals surface area contributed by atoms with E-state index in [9.17, 15) is 4.79 Å². The standard InChI is InChI=1S/C25H32Cl2N2O2/c1-16-4-3-7-25(2)14-23-18(13-20(16)25)19(24(30)31-23)15-28-8-10-29(11-9-28)17-5-6-21(26)22(27)12-17/h5-6,12,18-19,23H,3-4,7-11,13-15H2,1-2H3/p+1/t18-,19-,23-,25-/m1/s1. The van der Waals surface area contributed by atoms with Gasteiger partial charge in [0.15, 0.2) is 0 Å². The lowest BCUT2D eigenvalue weighted by Crippen LogP contribution is -3.15. The second-order valence-corrected chi connectivity index (χ2v) is 11.2. The molecule has 0 amide bonds. The summed E-state index contributed by atoms with van der Waals surface area (Å²) in [6, 6.07) is 5.86. The van der Waals surface area contributed by atoms with Crippen molar-refractivity contribution in [2.24, 2.45) is 17.3 Å². The van der Waals surface area contributed by atoms with E-state index in [1.807, 2.05) is 18.2 Å². The molecule has 4 nitrogen and oxygen atoms in total. The Bertz CT molecular complexity index is 909. The summed E-state index contributed by atoms with van der Waals surface area (Å²) in [7, 11) is 0. The first-order valence-electron chi connectivity index (χ1n) is 11.8. The van der Waals surface area contributed by atoms with E-state index in [0.29, 0.717) is 16.0 Å². The highest BCUT2D eigenvalue weighted by Crippen LogP contribution is 2.54. The third-order valence-electron chi connectivity index (χ3n) is 8.43. The van der Waals surface area contributed by atoms with Gasteiger partial charge >= 0.3 is 5.97 Å². The molecule has 1 N–H and O–H groups in total. The van der Waals surface area contributed by atoms with Gasteiger partial charge in [0.05, 0.1) is 42.8 Å². The van der Waals surface area contributed by atoms with E-state index < -0.39 is 0 Å². The Balaban J connectivity index is 1.24. The van der Waals surface area contributed by atoms with Crippen LogP contribution in [0.2, 0.25) is 10.0 Å². The summed E-state index contributed by atoms with van der Waals surface area (Å²) in [5.41, 5.74) is 4.59. The first kappa shape index (κ1) is 21.6. The summed E-state index contributed by atoms with van der Waals surface area (Å²) in [5, 5.41) is 1.20. The molecule has 6 heteroatoms. The van der Waals surface area contributed by atoms with Crippen molar-refractivity contribution >= 4 is 34.9 Å². The number of fused-ring (bicyclic) bond motifs is 2. The van der Waals surface area contributed by atoms with Crippen LogP contribution >= 0.6 is 23.2 Å². The van der Waals surface area contributed by atoms with Crippen LogP contribution < -0.4 is 9.80 Å². The molecule has 2 heterocycles. The maximum atomic E-state index is 12.9. The van der Waals surface area contributed by atoms with Crippen molar-refractivity contribution in [2.75, 3.05) is 37.6 Å². The van der Waals surface area contributed by atoms with Crippen LogP contribution in [0.4, 0.5) is 5.69 Å². The molecule has 0 unspecified atom stereocenters. The van der Waals surface area contributed by atoms with Crippen molar-refractivity contribution in [2.45, 2.75) is 52.1 Å². The minimum atomic E-state index is 0.0447. The molecule has 0 radical (unpaired) electrons. The third-order valence-corrected chi connectivity index (χ3v) is 9.17. The van der Waals surface area contributed by atoms with Gasteiger partial charge in [0.25, 0.3) is 0 Å². The first-order chi connectivity index (χ1) is 14.8. The fourth-order valence-corrected chi connectivity index (χ4v) is 6.92. The molecule has 4 aliphatic rings. The SMILES string of the molecule is CC1=C2C[C@H]3[C@@H](C[C@@]2(C)CCC1)OC(=O)[C@@H]3C[NH+]1CCN(c2ccc(Cl)c(Cl)c2)CC1. The minimum Gasteiger partial charge on any atom is -0.462 e. The Kier molecular flexibility index (Phi) is 5.77. The van der Waals surface area contributed by atoms with Crippen LogP contribution in [0.15, 0.2) is 29.3 Å². The number of ether oxygens (including phenoxy) is 1. The van der Waals surface area contributed by atoms with Gasteiger partial charge in [-0.1, -0.05) is 41.3 Å². The maximum Gasteiger partial charge on any atom is 0.315 e. The predicted octanol–water partition coefficient (Wildman–Crippen LogP) is 4.16. The van der Waals surface area contributed by atoms with Crippen molar-refractivity contribution in [3.05, 3.63) is 39.4 Å². The molecule has 31 heavy (non-hydrogen) atoms. The van der Waals surface area contributed by atoms with Crippen LogP contribution in [0, 0.1) is 17.3 Å². The Labute approximate surface area is 195 Å². The molecule has 3 fully saturated rings. The Morgan fingerprint density at radius 2 is 2.00 bits per heavy atom. The first-order valence-corrected chi connectivity index (χ1v) is 12.5. The van der Waals surface area contributed by atoms with E-state index in [2.05, 4.69) is 18.7 Å². The van der Waals surface area contributed by atoms with Crippen molar-refractivity contribution in [3.63, 3.8) is 0 Å². The highest BCUT2D eigenvalue weighted by molar-refractivity contribution is 6.42.